The van der Waals surface area contributed by atoms with E-state index >= 15 is 0 Å². The van der Waals surface area contributed by atoms with Crippen molar-refractivity contribution in [3.63, 3.8) is 0 Å². The largest absolute Gasteiger partial charge is 0.368 e. The average molecular weight is 173 g/mol. The highest BCUT2D eigenvalue weighted by Crippen LogP contribution is 2.26. The highest BCUT2D eigenvalue weighted by Gasteiger charge is 2.33. The normalized spacial score (nSPS) is 43.5. The van der Waals surface area contributed by atoms with E-state index in [1.54, 1.807) is 0 Å². The zero-order chi connectivity index (χ0) is 9.30. The molecular formula is C9H19NO2. The van der Waals surface area contributed by atoms with Crippen LogP contribution in [0.25, 0.3) is 0 Å². The summed E-state index contributed by atoms with van der Waals surface area (Å²) in [6.45, 7) is 4.03. The van der Waals surface area contributed by atoms with Crippen molar-refractivity contribution < 1.29 is 9.84 Å². The number of hydrogen-bond donors (Lipinski definition) is 1. The number of aliphatic hydroxyl groups is 1. The second-order valence-corrected chi connectivity index (χ2v) is 3.96. The van der Waals surface area contributed by atoms with Crippen LogP contribution in [0.3, 0.4) is 0 Å². The zero-order valence-corrected chi connectivity index (χ0v) is 8.32. The topological polar surface area (TPSA) is 32.7 Å². The lowest BCUT2D eigenvalue weighted by atomic mass is 9.92. The predicted octanol–water partition coefficient (Wildman–Crippen LogP) is 0.680. The summed E-state index contributed by atoms with van der Waals surface area (Å²) in [5.74, 6) is 0.205. The molecule has 1 aliphatic rings. The van der Waals surface area contributed by atoms with Gasteiger partial charge in [0, 0.05) is 12.0 Å². The first-order valence-corrected chi connectivity index (χ1v) is 4.52. The van der Waals surface area contributed by atoms with E-state index in [0.29, 0.717) is 6.04 Å². The third-order valence-electron chi connectivity index (χ3n) is 2.67. The van der Waals surface area contributed by atoms with Crippen molar-refractivity contribution in [3.8, 4) is 0 Å². The van der Waals surface area contributed by atoms with Crippen molar-refractivity contribution in [2.75, 3.05) is 14.1 Å². The zero-order valence-electron chi connectivity index (χ0n) is 8.32. The molecule has 72 valence electrons. The van der Waals surface area contributed by atoms with E-state index in [1.165, 1.54) is 0 Å². The molecule has 1 aliphatic heterocycles. The first-order valence-electron chi connectivity index (χ1n) is 4.52. The Bertz CT molecular complexity index is 149. The molecule has 0 spiro atoms. The van der Waals surface area contributed by atoms with E-state index in [4.69, 9.17) is 4.74 Å². The highest BCUT2D eigenvalue weighted by atomic mass is 16.6. The number of rotatable bonds is 1. The Morgan fingerprint density at radius 2 is 1.92 bits per heavy atom. The van der Waals surface area contributed by atoms with Crippen molar-refractivity contribution in [1.29, 1.82) is 0 Å². The van der Waals surface area contributed by atoms with E-state index in [2.05, 4.69) is 4.90 Å². The highest BCUT2D eigenvalue weighted by molar-refractivity contribution is 4.81. The summed E-state index contributed by atoms with van der Waals surface area (Å²) in [6.07, 6.45) is 0.579. The maximum atomic E-state index is 9.52. The molecule has 0 aromatic rings. The van der Waals surface area contributed by atoms with Crippen LogP contribution in [0.1, 0.15) is 20.3 Å². The lowest BCUT2D eigenvalue weighted by molar-refractivity contribution is -0.202. The second kappa shape index (κ2) is 3.73. The van der Waals surface area contributed by atoms with Crippen molar-refractivity contribution >= 4 is 0 Å². The van der Waals surface area contributed by atoms with Gasteiger partial charge in [0.1, 0.15) is 0 Å². The summed E-state index contributed by atoms with van der Waals surface area (Å²) in [6, 6.07) is 0.434. The minimum atomic E-state index is -0.596. The standard InChI is InChI=1S/C9H19NO2/c1-6-5-8(10(3)4)7(2)9(11)12-6/h6-9,11H,5H2,1-4H3/t6-,7?,8+,9?/m1/s1. The van der Waals surface area contributed by atoms with E-state index < -0.39 is 6.29 Å². The summed E-state index contributed by atoms with van der Waals surface area (Å²) < 4.78 is 5.31. The first-order chi connectivity index (χ1) is 5.52. The van der Waals surface area contributed by atoms with Gasteiger partial charge < -0.3 is 14.7 Å². The molecule has 3 heteroatoms. The number of hydrogen-bond acceptors (Lipinski definition) is 3. The Labute approximate surface area is 74.3 Å². The summed E-state index contributed by atoms with van der Waals surface area (Å²) in [5, 5.41) is 9.52. The van der Waals surface area contributed by atoms with Crippen LogP contribution < -0.4 is 0 Å². The predicted molar refractivity (Wildman–Crippen MR) is 47.8 cm³/mol. The fourth-order valence-corrected chi connectivity index (χ4v) is 1.84. The van der Waals surface area contributed by atoms with Crippen LogP contribution in [0.5, 0.6) is 0 Å². The van der Waals surface area contributed by atoms with Crippen LogP contribution in [-0.4, -0.2) is 42.5 Å². The Morgan fingerprint density at radius 3 is 2.42 bits per heavy atom. The number of ether oxygens (including phenoxy) is 1. The summed E-state index contributed by atoms with van der Waals surface area (Å²) in [5.41, 5.74) is 0. The van der Waals surface area contributed by atoms with Gasteiger partial charge in [0.05, 0.1) is 6.10 Å². The molecule has 1 rings (SSSR count). The Morgan fingerprint density at radius 1 is 1.33 bits per heavy atom. The van der Waals surface area contributed by atoms with Crippen LogP contribution in [0.2, 0.25) is 0 Å². The molecule has 2 unspecified atom stereocenters. The van der Waals surface area contributed by atoms with Crippen LogP contribution >= 0.6 is 0 Å². The lowest BCUT2D eigenvalue weighted by Gasteiger charge is -2.40. The SMILES string of the molecule is CC1C(O)O[C@H](C)C[C@@H]1N(C)C. The molecule has 0 amide bonds. The van der Waals surface area contributed by atoms with Crippen LogP contribution in [0, 0.1) is 5.92 Å². The van der Waals surface area contributed by atoms with E-state index in [-0.39, 0.29) is 12.0 Å². The van der Waals surface area contributed by atoms with E-state index in [9.17, 15) is 5.11 Å². The van der Waals surface area contributed by atoms with Gasteiger partial charge in [-0.15, -0.1) is 0 Å². The lowest BCUT2D eigenvalue weighted by Crippen LogP contribution is -2.48. The van der Waals surface area contributed by atoms with Crippen molar-refractivity contribution in [1.82, 2.24) is 4.90 Å². The Balaban J connectivity index is 2.60. The van der Waals surface area contributed by atoms with Crippen LogP contribution in [0.4, 0.5) is 0 Å². The molecule has 1 saturated heterocycles. The first kappa shape index (κ1) is 9.96. The van der Waals surface area contributed by atoms with Crippen molar-refractivity contribution in [2.45, 2.75) is 38.7 Å². The van der Waals surface area contributed by atoms with Crippen molar-refractivity contribution in [2.24, 2.45) is 5.92 Å². The molecule has 0 aromatic heterocycles. The van der Waals surface area contributed by atoms with Gasteiger partial charge >= 0.3 is 0 Å². The molecule has 1 N–H and O–H groups in total. The van der Waals surface area contributed by atoms with E-state index in [0.717, 1.165) is 6.42 Å². The quantitative estimate of drug-likeness (QED) is 0.633. The minimum absolute atomic E-state index is 0.170. The molecule has 0 aromatic carbocycles. The van der Waals surface area contributed by atoms with Crippen LogP contribution in [0.15, 0.2) is 0 Å². The van der Waals surface area contributed by atoms with Gasteiger partial charge in [0.2, 0.25) is 0 Å². The molecule has 0 saturated carbocycles. The maximum Gasteiger partial charge on any atom is 0.158 e. The number of aliphatic hydroxyl groups excluding tert-OH is 1. The van der Waals surface area contributed by atoms with Gasteiger partial charge in [0.25, 0.3) is 0 Å². The summed E-state index contributed by atoms with van der Waals surface area (Å²) >= 11 is 0. The van der Waals surface area contributed by atoms with Gasteiger partial charge in [-0.3, -0.25) is 0 Å². The molecule has 12 heavy (non-hydrogen) atoms. The summed E-state index contributed by atoms with van der Waals surface area (Å²) in [4.78, 5) is 2.16. The molecule has 4 atom stereocenters. The molecule has 0 radical (unpaired) electrons. The Kier molecular flexibility index (Phi) is 3.09. The summed E-state index contributed by atoms with van der Waals surface area (Å²) in [7, 11) is 4.10. The Hall–Kier alpha value is -0.120. The molecule has 3 nitrogen and oxygen atoms in total. The third-order valence-corrected chi connectivity index (χ3v) is 2.67. The monoisotopic (exact) mass is 173 g/mol. The second-order valence-electron chi connectivity index (χ2n) is 3.96. The molecular weight excluding hydrogens is 154 g/mol. The fourth-order valence-electron chi connectivity index (χ4n) is 1.84. The van der Waals surface area contributed by atoms with E-state index in [1.807, 2.05) is 27.9 Å². The van der Waals surface area contributed by atoms with Gasteiger partial charge in [-0.1, -0.05) is 6.92 Å². The third kappa shape index (κ3) is 1.97. The molecule has 1 fully saturated rings. The molecule has 0 bridgehead atoms. The van der Waals surface area contributed by atoms with Crippen LogP contribution in [-0.2, 0) is 4.74 Å². The smallest absolute Gasteiger partial charge is 0.158 e. The van der Waals surface area contributed by atoms with Gasteiger partial charge in [0.15, 0.2) is 6.29 Å². The molecule has 1 heterocycles. The van der Waals surface area contributed by atoms with Gasteiger partial charge in [-0.25, -0.2) is 0 Å². The average Bonchev–Trinajstić information content (AvgIpc) is 1.96. The van der Waals surface area contributed by atoms with Crippen molar-refractivity contribution in [3.05, 3.63) is 0 Å². The fraction of sp³-hybridized carbons (Fsp3) is 1.00. The number of nitrogens with zero attached hydrogens (tertiary/aromatic N) is 1. The van der Waals surface area contributed by atoms with Gasteiger partial charge in [-0.2, -0.15) is 0 Å². The van der Waals surface area contributed by atoms with Gasteiger partial charge in [-0.05, 0) is 27.4 Å². The maximum absolute atomic E-state index is 9.52. The minimum Gasteiger partial charge on any atom is -0.368 e. The molecule has 0 aliphatic carbocycles.